The van der Waals surface area contributed by atoms with E-state index in [0.717, 1.165) is 12.1 Å². The lowest BCUT2D eigenvalue weighted by molar-refractivity contribution is 0.219. The largest absolute Gasteiger partial charge is 0.419 e. The van der Waals surface area contributed by atoms with E-state index in [1.807, 2.05) is 30.3 Å². The minimum atomic E-state index is 0.0754. The number of hydrogen-bond acceptors (Lipinski definition) is 5. The molecule has 114 valence electrons. The SMILES string of the molecule is Cc1ccsc1CN(C)C(C)c1nnc(-c2ccccc2)o1. The zero-order valence-electron chi connectivity index (χ0n) is 13.0. The van der Waals surface area contributed by atoms with Gasteiger partial charge in [-0.25, -0.2) is 0 Å². The van der Waals surface area contributed by atoms with E-state index in [2.05, 4.69) is 47.4 Å². The number of benzene rings is 1. The van der Waals surface area contributed by atoms with E-state index in [0.29, 0.717) is 11.8 Å². The van der Waals surface area contributed by atoms with Crippen molar-refractivity contribution in [2.24, 2.45) is 0 Å². The number of aryl methyl sites for hydroxylation is 1. The normalized spacial score (nSPS) is 12.7. The molecule has 2 aromatic heterocycles. The molecule has 22 heavy (non-hydrogen) atoms. The van der Waals surface area contributed by atoms with Crippen molar-refractivity contribution in [1.29, 1.82) is 0 Å². The van der Waals surface area contributed by atoms with E-state index >= 15 is 0 Å². The summed E-state index contributed by atoms with van der Waals surface area (Å²) in [7, 11) is 2.08. The third-order valence-corrected chi connectivity index (χ3v) is 4.85. The molecule has 0 fully saturated rings. The van der Waals surface area contributed by atoms with E-state index in [-0.39, 0.29) is 6.04 Å². The van der Waals surface area contributed by atoms with Crippen LogP contribution < -0.4 is 0 Å². The molecule has 0 radical (unpaired) electrons. The lowest BCUT2D eigenvalue weighted by Crippen LogP contribution is -2.22. The molecular formula is C17H19N3OS. The summed E-state index contributed by atoms with van der Waals surface area (Å²) in [5.41, 5.74) is 2.28. The summed E-state index contributed by atoms with van der Waals surface area (Å²) in [6, 6.07) is 12.1. The van der Waals surface area contributed by atoms with Gasteiger partial charge in [0, 0.05) is 17.0 Å². The first-order valence-corrected chi connectivity index (χ1v) is 8.15. The molecular weight excluding hydrogens is 294 g/mol. The first kappa shape index (κ1) is 14.9. The maximum atomic E-state index is 5.84. The molecule has 1 atom stereocenters. The molecule has 3 aromatic rings. The molecule has 5 heteroatoms. The Morgan fingerprint density at radius 3 is 2.64 bits per heavy atom. The fourth-order valence-corrected chi connectivity index (χ4v) is 3.19. The Balaban J connectivity index is 1.74. The minimum absolute atomic E-state index is 0.0754. The van der Waals surface area contributed by atoms with E-state index in [1.165, 1.54) is 10.4 Å². The van der Waals surface area contributed by atoms with Crippen LogP contribution in [0.1, 0.15) is 29.3 Å². The predicted molar refractivity (Wildman–Crippen MR) is 88.7 cm³/mol. The van der Waals surface area contributed by atoms with Crippen LogP contribution in [0, 0.1) is 6.92 Å². The predicted octanol–water partition coefficient (Wildman–Crippen LogP) is 4.30. The van der Waals surface area contributed by atoms with Crippen LogP contribution in [0.3, 0.4) is 0 Å². The monoisotopic (exact) mass is 313 g/mol. The summed E-state index contributed by atoms with van der Waals surface area (Å²) in [6.07, 6.45) is 0. The van der Waals surface area contributed by atoms with Gasteiger partial charge >= 0.3 is 0 Å². The second-order valence-electron chi connectivity index (χ2n) is 5.43. The van der Waals surface area contributed by atoms with Crippen molar-refractivity contribution in [3.63, 3.8) is 0 Å². The third kappa shape index (κ3) is 3.10. The molecule has 0 bridgehead atoms. The van der Waals surface area contributed by atoms with Gasteiger partial charge < -0.3 is 4.42 Å². The highest BCUT2D eigenvalue weighted by molar-refractivity contribution is 7.10. The smallest absolute Gasteiger partial charge is 0.247 e. The molecule has 0 saturated heterocycles. The molecule has 4 nitrogen and oxygen atoms in total. The first-order valence-electron chi connectivity index (χ1n) is 7.27. The van der Waals surface area contributed by atoms with Gasteiger partial charge in [-0.05, 0) is 50.0 Å². The van der Waals surface area contributed by atoms with Gasteiger partial charge in [0.15, 0.2) is 0 Å². The Bertz CT molecular complexity index is 735. The van der Waals surface area contributed by atoms with Crippen LogP contribution in [0.15, 0.2) is 46.2 Å². The Kier molecular flexibility index (Phi) is 4.36. The summed E-state index contributed by atoms with van der Waals surface area (Å²) in [5.74, 6) is 1.22. The fraction of sp³-hybridized carbons (Fsp3) is 0.294. The number of aromatic nitrogens is 2. The summed E-state index contributed by atoms with van der Waals surface area (Å²) in [6.45, 7) is 5.11. The molecule has 1 unspecified atom stereocenters. The van der Waals surface area contributed by atoms with E-state index < -0.39 is 0 Å². The maximum absolute atomic E-state index is 5.84. The molecule has 0 saturated carbocycles. The molecule has 0 aliphatic rings. The lowest BCUT2D eigenvalue weighted by atomic mass is 10.2. The summed E-state index contributed by atoms with van der Waals surface area (Å²) < 4.78 is 5.84. The van der Waals surface area contributed by atoms with Crippen LogP contribution in [0.2, 0.25) is 0 Å². The lowest BCUT2D eigenvalue weighted by Gasteiger charge is -2.21. The second-order valence-corrected chi connectivity index (χ2v) is 6.43. The average Bonchev–Trinajstić information content (AvgIpc) is 3.17. The van der Waals surface area contributed by atoms with Crippen LogP contribution in [0.5, 0.6) is 0 Å². The van der Waals surface area contributed by atoms with Gasteiger partial charge in [-0.1, -0.05) is 18.2 Å². The molecule has 3 rings (SSSR count). The van der Waals surface area contributed by atoms with Gasteiger partial charge in [0.1, 0.15) is 0 Å². The highest BCUT2D eigenvalue weighted by Crippen LogP contribution is 2.25. The zero-order chi connectivity index (χ0) is 15.5. The quantitative estimate of drug-likeness (QED) is 0.704. The van der Waals surface area contributed by atoms with Gasteiger partial charge in [-0.2, -0.15) is 0 Å². The van der Waals surface area contributed by atoms with Crippen LogP contribution in [-0.2, 0) is 6.54 Å². The Hall–Kier alpha value is -1.98. The van der Waals surface area contributed by atoms with Crippen molar-refractivity contribution in [3.8, 4) is 11.5 Å². The number of nitrogens with zero attached hydrogens (tertiary/aromatic N) is 3. The van der Waals surface area contributed by atoms with Crippen LogP contribution >= 0.6 is 11.3 Å². The zero-order valence-corrected chi connectivity index (χ0v) is 13.8. The molecule has 0 amide bonds. The van der Waals surface area contributed by atoms with Crippen molar-refractivity contribution in [1.82, 2.24) is 15.1 Å². The molecule has 0 N–H and O–H groups in total. The average molecular weight is 313 g/mol. The van der Waals surface area contributed by atoms with Gasteiger partial charge in [0.2, 0.25) is 11.8 Å². The number of rotatable bonds is 5. The van der Waals surface area contributed by atoms with Crippen molar-refractivity contribution >= 4 is 11.3 Å². The van der Waals surface area contributed by atoms with Crippen molar-refractivity contribution in [2.45, 2.75) is 26.4 Å². The van der Waals surface area contributed by atoms with Gasteiger partial charge in [0.05, 0.1) is 6.04 Å². The highest BCUT2D eigenvalue weighted by atomic mass is 32.1. The Labute approximate surface area is 134 Å². The van der Waals surface area contributed by atoms with Gasteiger partial charge in [0.25, 0.3) is 0 Å². The molecule has 0 aliphatic heterocycles. The summed E-state index contributed by atoms with van der Waals surface area (Å²) >= 11 is 1.78. The minimum Gasteiger partial charge on any atom is -0.419 e. The fourth-order valence-electron chi connectivity index (χ4n) is 2.22. The van der Waals surface area contributed by atoms with Crippen LogP contribution in [0.25, 0.3) is 11.5 Å². The molecule has 0 aliphatic carbocycles. The standard InChI is InChI=1S/C17H19N3OS/c1-12-9-10-22-15(12)11-20(3)13(2)16-18-19-17(21-16)14-7-5-4-6-8-14/h4-10,13H,11H2,1-3H3. The third-order valence-electron chi connectivity index (χ3n) is 3.84. The maximum Gasteiger partial charge on any atom is 0.247 e. The molecule has 2 heterocycles. The number of hydrogen-bond donors (Lipinski definition) is 0. The van der Waals surface area contributed by atoms with E-state index in [4.69, 9.17) is 4.42 Å². The second kappa shape index (κ2) is 6.42. The Morgan fingerprint density at radius 2 is 1.95 bits per heavy atom. The van der Waals surface area contributed by atoms with Crippen LogP contribution in [-0.4, -0.2) is 22.1 Å². The number of thiophene rings is 1. The summed E-state index contributed by atoms with van der Waals surface area (Å²) in [5, 5.41) is 10.5. The van der Waals surface area contributed by atoms with Gasteiger partial charge in [-0.15, -0.1) is 21.5 Å². The van der Waals surface area contributed by atoms with E-state index in [1.54, 1.807) is 11.3 Å². The topological polar surface area (TPSA) is 42.2 Å². The highest BCUT2D eigenvalue weighted by Gasteiger charge is 2.20. The van der Waals surface area contributed by atoms with Crippen molar-refractivity contribution in [2.75, 3.05) is 7.05 Å². The first-order chi connectivity index (χ1) is 10.6. The summed E-state index contributed by atoms with van der Waals surface area (Å²) in [4.78, 5) is 3.60. The van der Waals surface area contributed by atoms with Crippen molar-refractivity contribution in [3.05, 3.63) is 58.1 Å². The van der Waals surface area contributed by atoms with Gasteiger partial charge in [-0.3, -0.25) is 4.90 Å². The Morgan fingerprint density at radius 1 is 1.18 bits per heavy atom. The van der Waals surface area contributed by atoms with Crippen molar-refractivity contribution < 1.29 is 4.42 Å². The molecule has 0 spiro atoms. The van der Waals surface area contributed by atoms with E-state index in [9.17, 15) is 0 Å². The molecule has 1 aromatic carbocycles. The van der Waals surface area contributed by atoms with Crippen LogP contribution in [0.4, 0.5) is 0 Å².